The molecule has 0 radical (unpaired) electrons. The van der Waals surface area contributed by atoms with Gasteiger partial charge in [0.05, 0.1) is 17.2 Å². The number of aliphatic hydroxyl groups excluding tert-OH is 1. The highest BCUT2D eigenvalue weighted by Crippen LogP contribution is 2.32. The van der Waals surface area contributed by atoms with E-state index in [1.807, 2.05) is 6.07 Å². The molecule has 0 unspecified atom stereocenters. The first-order valence-electron chi connectivity index (χ1n) is 6.84. The zero-order valence-electron chi connectivity index (χ0n) is 11.5. The van der Waals surface area contributed by atoms with Crippen molar-refractivity contribution in [3.63, 3.8) is 0 Å². The number of rotatable bonds is 3. The maximum atomic E-state index is 12.3. The molecule has 2 rings (SSSR count). The normalized spacial score (nSPS) is 26.3. The molecule has 1 amide bonds. The zero-order chi connectivity index (χ0) is 14.8. The Balaban J connectivity index is 2.11. The minimum absolute atomic E-state index is 0.0104. The summed E-state index contributed by atoms with van der Waals surface area (Å²) in [7, 11) is 0. The third-order valence-corrected chi connectivity index (χ3v) is 5.67. The van der Waals surface area contributed by atoms with Gasteiger partial charge in [-0.3, -0.25) is 4.79 Å². The van der Waals surface area contributed by atoms with Gasteiger partial charge in [0.25, 0.3) is 5.91 Å². The van der Waals surface area contributed by atoms with Crippen LogP contribution in [-0.4, -0.2) is 23.2 Å². The maximum absolute atomic E-state index is 12.3. The van der Waals surface area contributed by atoms with Crippen LogP contribution in [0.4, 0.5) is 0 Å². The van der Waals surface area contributed by atoms with Crippen molar-refractivity contribution in [2.75, 3.05) is 6.61 Å². The van der Waals surface area contributed by atoms with Crippen LogP contribution >= 0.6 is 34.2 Å². The monoisotopic (exact) mass is 407 g/mol. The van der Waals surface area contributed by atoms with Crippen LogP contribution in [0.2, 0.25) is 5.02 Å². The van der Waals surface area contributed by atoms with E-state index in [-0.39, 0.29) is 12.5 Å². The first-order valence-corrected chi connectivity index (χ1v) is 8.30. The first-order chi connectivity index (χ1) is 9.46. The van der Waals surface area contributed by atoms with Crippen molar-refractivity contribution in [1.82, 2.24) is 5.32 Å². The summed E-state index contributed by atoms with van der Waals surface area (Å²) in [6.45, 7) is 2.20. The minimum Gasteiger partial charge on any atom is -0.394 e. The number of halogens is 2. The van der Waals surface area contributed by atoms with Crippen molar-refractivity contribution in [3.05, 3.63) is 32.4 Å². The second kappa shape index (κ2) is 6.62. The van der Waals surface area contributed by atoms with E-state index in [0.29, 0.717) is 16.5 Å². The van der Waals surface area contributed by atoms with Crippen LogP contribution < -0.4 is 5.32 Å². The van der Waals surface area contributed by atoms with Gasteiger partial charge in [-0.1, -0.05) is 18.5 Å². The van der Waals surface area contributed by atoms with Gasteiger partial charge in [0.2, 0.25) is 0 Å². The molecule has 2 N–H and O–H groups in total. The largest absolute Gasteiger partial charge is 0.394 e. The summed E-state index contributed by atoms with van der Waals surface area (Å²) in [5.74, 6) is 0.506. The Hall–Kier alpha value is -0.330. The second-order valence-corrected chi connectivity index (χ2v) is 7.27. The fourth-order valence-corrected chi connectivity index (χ4v) is 3.10. The highest BCUT2D eigenvalue weighted by molar-refractivity contribution is 14.1. The SMILES string of the molecule is CC1CCC(CO)(NC(=O)c2ccc(I)c(Cl)c2)CC1. The van der Waals surface area contributed by atoms with E-state index < -0.39 is 5.54 Å². The molecular weight excluding hydrogens is 389 g/mol. The summed E-state index contributed by atoms with van der Waals surface area (Å²) in [6.07, 6.45) is 3.73. The molecule has 1 aliphatic rings. The number of amides is 1. The molecule has 3 nitrogen and oxygen atoms in total. The maximum Gasteiger partial charge on any atom is 0.251 e. The predicted octanol–water partition coefficient (Wildman–Crippen LogP) is 3.62. The molecule has 0 atom stereocenters. The molecule has 1 saturated carbocycles. The molecule has 1 aromatic rings. The molecule has 5 heteroatoms. The van der Waals surface area contributed by atoms with Crippen LogP contribution in [0.3, 0.4) is 0 Å². The molecule has 0 aromatic heterocycles. The van der Waals surface area contributed by atoms with Crippen LogP contribution in [0.5, 0.6) is 0 Å². The average molecular weight is 408 g/mol. The van der Waals surface area contributed by atoms with Gasteiger partial charge in [0, 0.05) is 9.13 Å². The van der Waals surface area contributed by atoms with Gasteiger partial charge in [0.15, 0.2) is 0 Å². The zero-order valence-corrected chi connectivity index (χ0v) is 14.4. The van der Waals surface area contributed by atoms with Crippen LogP contribution in [0, 0.1) is 9.49 Å². The van der Waals surface area contributed by atoms with Crippen molar-refractivity contribution < 1.29 is 9.90 Å². The molecule has 1 aliphatic carbocycles. The minimum atomic E-state index is -0.473. The first kappa shape index (κ1) is 16.0. The van der Waals surface area contributed by atoms with Gasteiger partial charge in [-0.25, -0.2) is 0 Å². The van der Waals surface area contributed by atoms with Crippen molar-refractivity contribution in [2.24, 2.45) is 5.92 Å². The van der Waals surface area contributed by atoms with Gasteiger partial charge in [-0.15, -0.1) is 0 Å². The predicted molar refractivity (Wildman–Crippen MR) is 89.1 cm³/mol. The average Bonchev–Trinajstić information content (AvgIpc) is 2.44. The number of carbonyl (C=O) groups excluding carboxylic acids is 1. The van der Waals surface area contributed by atoms with E-state index in [1.54, 1.807) is 12.1 Å². The fourth-order valence-electron chi connectivity index (χ4n) is 2.59. The number of nitrogens with one attached hydrogen (secondary N) is 1. The molecule has 0 spiro atoms. The van der Waals surface area contributed by atoms with Gasteiger partial charge in [-0.05, 0) is 72.4 Å². The standard InChI is InChI=1S/C15H19ClINO2/c1-10-4-6-15(9-19,7-5-10)18-14(20)11-2-3-13(17)12(16)8-11/h2-3,8,10,19H,4-7,9H2,1H3,(H,18,20). The topological polar surface area (TPSA) is 49.3 Å². The molecule has 1 fully saturated rings. The summed E-state index contributed by atoms with van der Waals surface area (Å²) in [6, 6.07) is 5.26. The van der Waals surface area contributed by atoms with Crippen LogP contribution in [0.15, 0.2) is 18.2 Å². The van der Waals surface area contributed by atoms with Crippen LogP contribution in [0.1, 0.15) is 43.0 Å². The third kappa shape index (κ3) is 3.65. The number of hydrogen-bond donors (Lipinski definition) is 2. The Kier molecular flexibility index (Phi) is 5.31. The number of hydrogen-bond acceptors (Lipinski definition) is 2. The van der Waals surface area contributed by atoms with E-state index in [4.69, 9.17) is 11.6 Å². The van der Waals surface area contributed by atoms with Crippen LogP contribution in [0.25, 0.3) is 0 Å². The Bertz CT molecular complexity index is 499. The lowest BCUT2D eigenvalue weighted by molar-refractivity contribution is 0.0717. The highest BCUT2D eigenvalue weighted by Gasteiger charge is 2.35. The van der Waals surface area contributed by atoms with Gasteiger partial charge >= 0.3 is 0 Å². The van der Waals surface area contributed by atoms with Crippen molar-refractivity contribution >= 4 is 40.1 Å². The molecule has 0 aliphatic heterocycles. The van der Waals surface area contributed by atoms with Gasteiger partial charge in [-0.2, -0.15) is 0 Å². The smallest absolute Gasteiger partial charge is 0.251 e. The number of aliphatic hydroxyl groups is 1. The van der Waals surface area contributed by atoms with Crippen molar-refractivity contribution in [2.45, 2.75) is 38.1 Å². The Morgan fingerprint density at radius 1 is 1.50 bits per heavy atom. The van der Waals surface area contributed by atoms with Gasteiger partial charge < -0.3 is 10.4 Å². The quantitative estimate of drug-likeness (QED) is 0.752. The fraction of sp³-hybridized carbons (Fsp3) is 0.533. The summed E-state index contributed by atoms with van der Waals surface area (Å²) < 4.78 is 0.921. The van der Waals surface area contributed by atoms with E-state index in [1.165, 1.54) is 0 Å². The van der Waals surface area contributed by atoms with Crippen molar-refractivity contribution in [3.8, 4) is 0 Å². The van der Waals surface area contributed by atoms with E-state index in [9.17, 15) is 9.90 Å². The summed E-state index contributed by atoms with van der Waals surface area (Å²) in [4.78, 5) is 12.3. The Labute approximate surface area is 138 Å². The molecule has 1 aromatic carbocycles. The molecular formula is C15H19ClINO2. The highest BCUT2D eigenvalue weighted by atomic mass is 127. The van der Waals surface area contributed by atoms with E-state index in [2.05, 4.69) is 34.8 Å². The lowest BCUT2D eigenvalue weighted by Crippen LogP contribution is -2.53. The molecule has 0 saturated heterocycles. The molecule has 20 heavy (non-hydrogen) atoms. The Morgan fingerprint density at radius 2 is 2.15 bits per heavy atom. The lowest BCUT2D eigenvalue weighted by Gasteiger charge is -2.38. The summed E-state index contributed by atoms with van der Waals surface area (Å²) in [5.41, 5.74) is 0.0702. The van der Waals surface area contributed by atoms with E-state index >= 15 is 0 Å². The number of benzene rings is 1. The number of carbonyl (C=O) groups is 1. The molecule has 0 heterocycles. The Morgan fingerprint density at radius 3 is 2.70 bits per heavy atom. The van der Waals surface area contributed by atoms with Crippen molar-refractivity contribution in [1.29, 1.82) is 0 Å². The molecule has 0 bridgehead atoms. The van der Waals surface area contributed by atoms with E-state index in [0.717, 1.165) is 29.3 Å². The molecule has 110 valence electrons. The second-order valence-electron chi connectivity index (χ2n) is 5.70. The van der Waals surface area contributed by atoms with Crippen LogP contribution in [-0.2, 0) is 0 Å². The summed E-state index contributed by atoms with van der Waals surface area (Å²) in [5, 5.41) is 13.3. The summed E-state index contributed by atoms with van der Waals surface area (Å²) >= 11 is 8.18. The van der Waals surface area contributed by atoms with Gasteiger partial charge in [0.1, 0.15) is 0 Å². The lowest BCUT2D eigenvalue weighted by atomic mass is 9.77. The third-order valence-electron chi connectivity index (χ3n) is 4.09.